The van der Waals surface area contributed by atoms with E-state index in [1.165, 1.54) is 12.3 Å². The van der Waals surface area contributed by atoms with Crippen molar-refractivity contribution in [1.82, 2.24) is 9.29 Å². The van der Waals surface area contributed by atoms with Crippen LogP contribution in [-0.4, -0.2) is 30.3 Å². The van der Waals surface area contributed by atoms with Gasteiger partial charge in [0.05, 0.1) is 6.07 Å². The number of sulfonamides is 1. The Kier molecular flexibility index (Phi) is 4.12. The van der Waals surface area contributed by atoms with Gasteiger partial charge in [0.15, 0.2) is 5.82 Å². The van der Waals surface area contributed by atoms with E-state index in [2.05, 4.69) is 4.98 Å². The number of hydrogen-bond acceptors (Lipinski definition) is 4. The summed E-state index contributed by atoms with van der Waals surface area (Å²) in [4.78, 5) is 3.61. The normalized spacial score (nSPS) is 16.7. The van der Waals surface area contributed by atoms with Crippen molar-refractivity contribution in [3.8, 4) is 6.07 Å². The summed E-state index contributed by atoms with van der Waals surface area (Å²) in [5.74, 6) is -0.886. The second-order valence-corrected chi connectivity index (χ2v) is 6.24. The number of hydrogen-bond donors (Lipinski definition) is 0. The van der Waals surface area contributed by atoms with Crippen LogP contribution >= 0.6 is 0 Å². The van der Waals surface area contributed by atoms with Crippen LogP contribution in [0.1, 0.15) is 25.7 Å². The first-order valence-electron chi connectivity index (χ1n) is 6.06. The molecule has 1 aliphatic carbocycles. The van der Waals surface area contributed by atoms with Gasteiger partial charge in [-0.15, -0.1) is 0 Å². The second-order valence-electron chi connectivity index (χ2n) is 4.44. The summed E-state index contributed by atoms with van der Waals surface area (Å²) in [6.07, 6.45) is 4.49. The Bertz CT molecular complexity index is 591. The van der Waals surface area contributed by atoms with Gasteiger partial charge in [-0.2, -0.15) is 9.57 Å². The molecule has 0 unspecified atom stereocenters. The molecule has 1 aliphatic rings. The number of rotatable bonds is 4. The minimum atomic E-state index is -4.05. The zero-order chi connectivity index (χ0) is 13.9. The molecule has 0 amide bonds. The van der Waals surface area contributed by atoms with Crippen molar-refractivity contribution >= 4 is 10.0 Å². The minimum absolute atomic E-state index is 0.231. The maximum Gasteiger partial charge on any atom is 0.264 e. The molecular formula is C12H14FN3O2S. The van der Waals surface area contributed by atoms with E-state index in [4.69, 9.17) is 5.26 Å². The Morgan fingerprint density at radius 3 is 2.74 bits per heavy atom. The molecule has 1 aromatic rings. The number of nitrogens with zero attached hydrogens (tertiary/aromatic N) is 3. The van der Waals surface area contributed by atoms with E-state index < -0.39 is 20.9 Å². The molecule has 7 heteroatoms. The van der Waals surface area contributed by atoms with E-state index in [1.54, 1.807) is 0 Å². The largest absolute Gasteiger partial charge is 0.264 e. The van der Waals surface area contributed by atoms with Crippen LogP contribution in [0.15, 0.2) is 23.4 Å². The van der Waals surface area contributed by atoms with Gasteiger partial charge in [-0.1, -0.05) is 12.8 Å². The number of pyridine rings is 1. The van der Waals surface area contributed by atoms with Crippen LogP contribution in [0, 0.1) is 17.1 Å². The van der Waals surface area contributed by atoms with E-state index >= 15 is 0 Å². The van der Waals surface area contributed by atoms with Gasteiger partial charge >= 0.3 is 0 Å². The zero-order valence-corrected chi connectivity index (χ0v) is 11.1. The van der Waals surface area contributed by atoms with Crippen LogP contribution in [0.4, 0.5) is 4.39 Å². The first-order chi connectivity index (χ1) is 9.07. The van der Waals surface area contributed by atoms with Crippen LogP contribution in [0.25, 0.3) is 0 Å². The first-order valence-corrected chi connectivity index (χ1v) is 7.50. The number of nitriles is 1. The lowest BCUT2D eigenvalue weighted by molar-refractivity contribution is 0.346. The van der Waals surface area contributed by atoms with E-state index in [1.807, 2.05) is 6.07 Å². The number of aromatic nitrogens is 1. The molecule has 0 radical (unpaired) electrons. The van der Waals surface area contributed by atoms with Crippen molar-refractivity contribution < 1.29 is 12.8 Å². The third-order valence-electron chi connectivity index (χ3n) is 3.24. The molecule has 0 aliphatic heterocycles. The van der Waals surface area contributed by atoms with Crippen molar-refractivity contribution in [1.29, 1.82) is 5.26 Å². The highest BCUT2D eigenvalue weighted by molar-refractivity contribution is 7.89. The number of halogens is 1. The Morgan fingerprint density at radius 2 is 2.16 bits per heavy atom. The van der Waals surface area contributed by atoms with Crippen molar-refractivity contribution in [3.05, 3.63) is 24.1 Å². The van der Waals surface area contributed by atoms with Crippen molar-refractivity contribution in [2.75, 3.05) is 6.54 Å². The van der Waals surface area contributed by atoms with Crippen molar-refractivity contribution in [2.24, 2.45) is 0 Å². The first kappa shape index (κ1) is 13.9. The Morgan fingerprint density at radius 1 is 1.47 bits per heavy atom. The summed E-state index contributed by atoms with van der Waals surface area (Å²) in [5.41, 5.74) is 0. The fourth-order valence-electron chi connectivity index (χ4n) is 2.34. The summed E-state index contributed by atoms with van der Waals surface area (Å²) in [5, 5.41) is 8.21. The maximum atomic E-state index is 13.6. The van der Waals surface area contributed by atoms with Gasteiger partial charge in [0, 0.05) is 12.2 Å². The standard InChI is InChI=1S/C12H14FN3O2S/c13-11-6-3-8-15-12(11)19(17,18)16(9-7-14)10-4-1-2-5-10/h3,6,8,10H,1-2,4-5,9H2. The molecule has 0 aromatic carbocycles. The molecule has 2 rings (SSSR count). The average molecular weight is 283 g/mol. The molecule has 1 fully saturated rings. The predicted molar refractivity (Wildman–Crippen MR) is 66.0 cm³/mol. The molecule has 0 spiro atoms. The van der Waals surface area contributed by atoms with Crippen LogP contribution in [0.3, 0.4) is 0 Å². The molecule has 0 saturated heterocycles. The fourth-order valence-corrected chi connectivity index (χ4v) is 3.91. The molecule has 0 atom stereocenters. The van der Waals surface area contributed by atoms with Gasteiger partial charge in [-0.3, -0.25) is 0 Å². The van der Waals surface area contributed by atoms with Gasteiger partial charge < -0.3 is 0 Å². The lowest BCUT2D eigenvalue weighted by Gasteiger charge is -2.25. The van der Waals surface area contributed by atoms with E-state index in [9.17, 15) is 12.8 Å². The molecule has 0 bridgehead atoms. The smallest absolute Gasteiger partial charge is 0.241 e. The highest BCUT2D eigenvalue weighted by Crippen LogP contribution is 2.28. The molecule has 5 nitrogen and oxygen atoms in total. The van der Waals surface area contributed by atoms with Gasteiger partial charge in [0.2, 0.25) is 5.03 Å². The summed E-state index contributed by atoms with van der Waals surface area (Å²) < 4.78 is 39.5. The lowest BCUT2D eigenvalue weighted by atomic mass is 10.2. The third-order valence-corrected chi connectivity index (χ3v) is 5.07. The Labute approximate surface area is 111 Å². The van der Waals surface area contributed by atoms with Gasteiger partial charge in [-0.05, 0) is 25.0 Å². The Hall–Kier alpha value is -1.52. The zero-order valence-electron chi connectivity index (χ0n) is 10.3. The average Bonchev–Trinajstić information content (AvgIpc) is 2.89. The quantitative estimate of drug-likeness (QED) is 0.788. The Balaban J connectivity index is 2.40. The van der Waals surface area contributed by atoms with Crippen molar-refractivity contribution in [3.63, 3.8) is 0 Å². The van der Waals surface area contributed by atoms with Crippen LogP contribution in [0.5, 0.6) is 0 Å². The van der Waals surface area contributed by atoms with Gasteiger partial charge in [0.25, 0.3) is 10.0 Å². The summed E-state index contributed by atoms with van der Waals surface area (Å²) >= 11 is 0. The molecule has 102 valence electrons. The van der Waals surface area contributed by atoms with E-state index in [-0.39, 0.29) is 12.6 Å². The van der Waals surface area contributed by atoms with E-state index in [0.717, 1.165) is 23.2 Å². The molecule has 19 heavy (non-hydrogen) atoms. The molecule has 1 aromatic heterocycles. The molecular weight excluding hydrogens is 269 g/mol. The van der Waals surface area contributed by atoms with Gasteiger partial charge in [0.1, 0.15) is 6.54 Å². The van der Waals surface area contributed by atoms with Gasteiger partial charge in [-0.25, -0.2) is 17.8 Å². The molecule has 1 heterocycles. The van der Waals surface area contributed by atoms with Crippen LogP contribution in [-0.2, 0) is 10.0 Å². The lowest BCUT2D eigenvalue weighted by Crippen LogP contribution is -2.39. The topological polar surface area (TPSA) is 74.1 Å². The molecule has 1 saturated carbocycles. The van der Waals surface area contributed by atoms with E-state index in [0.29, 0.717) is 12.8 Å². The summed E-state index contributed by atoms with van der Waals surface area (Å²) in [6.45, 7) is -0.275. The summed E-state index contributed by atoms with van der Waals surface area (Å²) in [6, 6.07) is 3.99. The predicted octanol–water partition coefficient (Wildman–Crippen LogP) is 1.68. The maximum absolute atomic E-state index is 13.6. The van der Waals surface area contributed by atoms with Crippen LogP contribution < -0.4 is 0 Å². The highest BCUT2D eigenvalue weighted by Gasteiger charge is 2.35. The summed E-state index contributed by atoms with van der Waals surface area (Å²) in [7, 11) is -4.05. The SMILES string of the molecule is N#CCN(C1CCCC1)S(=O)(=O)c1ncccc1F. The molecule has 0 N–H and O–H groups in total. The monoisotopic (exact) mass is 283 g/mol. The fraction of sp³-hybridized carbons (Fsp3) is 0.500. The van der Waals surface area contributed by atoms with Crippen molar-refractivity contribution in [2.45, 2.75) is 36.8 Å². The van der Waals surface area contributed by atoms with Crippen LogP contribution in [0.2, 0.25) is 0 Å². The highest BCUT2D eigenvalue weighted by atomic mass is 32.2. The third kappa shape index (κ3) is 2.74. The minimum Gasteiger partial charge on any atom is -0.241 e. The second kappa shape index (κ2) is 5.63.